The third-order valence-corrected chi connectivity index (χ3v) is 7.11. The first-order chi connectivity index (χ1) is 16.0. The molecule has 33 heavy (non-hydrogen) atoms. The van der Waals surface area contributed by atoms with Gasteiger partial charge in [0.2, 0.25) is 0 Å². The van der Waals surface area contributed by atoms with Crippen LogP contribution in [0.2, 0.25) is 0 Å². The van der Waals surface area contributed by atoms with E-state index in [2.05, 4.69) is 34.6 Å². The first-order valence-electron chi connectivity index (χ1n) is 11.5. The molecule has 1 fully saturated rings. The van der Waals surface area contributed by atoms with Gasteiger partial charge in [0.15, 0.2) is 0 Å². The highest BCUT2D eigenvalue weighted by Crippen LogP contribution is 2.42. The highest BCUT2D eigenvalue weighted by atomic mass is 16.5. The molecular formula is C26H28N4O3. The lowest BCUT2D eigenvalue weighted by Gasteiger charge is -2.38. The quantitative estimate of drug-likeness (QED) is 0.783. The predicted octanol–water partition coefficient (Wildman–Crippen LogP) is 3.56. The Bertz CT molecular complexity index is 1130. The number of carbonyl (C=O) groups excluding carboxylic acids is 2. The molecule has 2 unspecified atom stereocenters. The molecule has 2 aliphatic heterocycles. The van der Waals surface area contributed by atoms with E-state index in [0.717, 1.165) is 18.6 Å². The first kappa shape index (κ1) is 21.4. The number of fused-ring (bicyclic) bond motifs is 2. The van der Waals surface area contributed by atoms with Crippen LogP contribution in [0.4, 0.5) is 5.69 Å². The normalized spacial score (nSPS) is 25.1. The van der Waals surface area contributed by atoms with Gasteiger partial charge in [0.25, 0.3) is 11.8 Å². The van der Waals surface area contributed by atoms with Crippen LogP contribution in [-0.2, 0) is 9.59 Å². The molecule has 0 saturated heterocycles. The second-order valence-electron chi connectivity index (χ2n) is 9.05. The Hall–Kier alpha value is -3.48. The van der Waals surface area contributed by atoms with Crippen molar-refractivity contribution in [1.29, 1.82) is 0 Å². The zero-order chi connectivity index (χ0) is 22.9. The number of carbonyl (C=O) groups is 2. The van der Waals surface area contributed by atoms with Crippen molar-refractivity contribution in [1.82, 2.24) is 5.32 Å². The summed E-state index contributed by atoms with van der Waals surface area (Å²) < 4.78 is 5.82. The van der Waals surface area contributed by atoms with Crippen molar-refractivity contribution in [3.05, 3.63) is 60.2 Å². The second kappa shape index (κ2) is 8.81. The lowest BCUT2D eigenvalue weighted by atomic mass is 9.66. The molecule has 0 spiro atoms. The number of rotatable bonds is 4. The number of nitrogens with zero attached hydrogens (tertiary/aromatic N) is 3. The van der Waals surface area contributed by atoms with Gasteiger partial charge in [-0.3, -0.25) is 9.59 Å². The van der Waals surface area contributed by atoms with Crippen molar-refractivity contribution >= 4 is 28.9 Å². The lowest BCUT2D eigenvalue weighted by Crippen LogP contribution is -2.51. The molecule has 0 aromatic heterocycles. The summed E-state index contributed by atoms with van der Waals surface area (Å²) in [5.41, 5.74) is 3.32. The van der Waals surface area contributed by atoms with Crippen LogP contribution in [0.15, 0.2) is 64.8 Å². The molecule has 2 amide bonds. The van der Waals surface area contributed by atoms with E-state index in [1.54, 1.807) is 7.05 Å². The van der Waals surface area contributed by atoms with Crippen LogP contribution in [0, 0.1) is 11.8 Å². The summed E-state index contributed by atoms with van der Waals surface area (Å²) in [5.74, 6) is 0.908. The van der Waals surface area contributed by atoms with E-state index in [9.17, 15) is 9.59 Å². The highest BCUT2D eigenvalue weighted by Gasteiger charge is 2.41. The Labute approximate surface area is 193 Å². The number of nitrogens with one attached hydrogen (secondary N) is 1. The van der Waals surface area contributed by atoms with Gasteiger partial charge >= 0.3 is 0 Å². The van der Waals surface area contributed by atoms with Crippen LogP contribution >= 0.6 is 0 Å². The van der Waals surface area contributed by atoms with Crippen LogP contribution in [0.25, 0.3) is 0 Å². The topological polar surface area (TPSA) is 83.4 Å². The summed E-state index contributed by atoms with van der Waals surface area (Å²) in [5, 5.41) is 11.8. The van der Waals surface area contributed by atoms with Gasteiger partial charge in [-0.15, -0.1) is 5.10 Å². The molecule has 2 aromatic rings. The fourth-order valence-corrected chi connectivity index (χ4v) is 4.94. The molecule has 7 nitrogen and oxygen atoms in total. The van der Waals surface area contributed by atoms with Crippen LogP contribution < -0.4 is 15.0 Å². The average molecular weight is 445 g/mol. The molecule has 1 aliphatic carbocycles. The van der Waals surface area contributed by atoms with Gasteiger partial charge in [-0.25, -0.2) is 0 Å². The number of likely N-dealkylation sites (N-methyl/N-ethyl adjacent to an activating group) is 1. The van der Waals surface area contributed by atoms with Crippen molar-refractivity contribution in [2.24, 2.45) is 22.0 Å². The molecule has 2 aromatic carbocycles. The van der Waals surface area contributed by atoms with Gasteiger partial charge in [-0.2, -0.15) is 5.10 Å². The van der Waals surface area contributed by atoms with Crippen molar-refractivity contribution in [2.45, 2.75) is 38.1 Å². The third-order valence-electron chi connectivity index (χ3n) is 7.11. The highest BCUT2D eigenvalue weighted by molar-refractivity contribution is 6.39. The Morgan fingerprint density at radius 3 is 2.61 bits per heavy atom. The van der Waals surface area contributed by atoms with E-state index in [4.69, 9.17) is 4.74 Å². The summed E-state index contributed by atoms with van der Waals surface area (Å²) in [6, 6.07) is 16.9. The molecule has 1 N–H and O–H groups in total. The molecule has 0 bridgehead atoms. The van der Waals surface area contributed by atoms with Crippen LogP contribution in [-0.4, -0.2) is 42.9 Å². The van der Waals surface area contributed by atoms with Gasteiger partial charge < -0.3 is 15.0 Å². The minimum absolute atomic E-state index is 0.0742. The summed E-state index contributed by atoms with van der Waals surface area (Å²) in [4.78, 5) is 27.7. The Kier molecular flexibility index (Phi) is 5.70. The van der Waals surface area contributed by atoms with Crippen molar-refractivity contribution < 1.29 is 14.3 Å². The predicted molar refractivity (Wildman–Crippen MR) is 128 cm³/mol. The van der Waals surface area contributed by atoms with Crippen LogP contribution in [0.1, 0.15) is 37.7 Å². The zero-order valence-electron chi connectivity index (χ0n) is 18.9. The molecule has 1 saturated carbocycles. The van der Waals surface area contributed by atoms with Crippen molar-refractivity contribution in [2.75, 3.05) is 18.6 Å². The molecular weight excluding hydrogens is 416 g/mol. The van der Waals surface area contributed by atoms with Gasteiger partial charge in [0, 0.05) is 25.3 Å². The Balaban J connectivity index is 1.34. The van der Waals surface area contributed by atoms with Crippen molar-refractivity contribution in [3.8, 4) is 5.75 Å². The van der Waals surface area contributed by atoms with Gasteiger partial charge in [-0.1, -0.05) is 49.4 Å². The number of benzene rings is 2. The zero-order valence-corrected chi connectivity index (χ0v) is 18.9. The molecule has 3 aliphatic rings. The number of amides is 2. The molecule has 5 rings (SSSR count). The third kappa shape index (κ3) is 4.03. The molecule has 0 radical (unpaired) electrons. The Morgan fingerprint density at radius 2 is 1.85 bits per heavy atom. The van der Waals surface area contributed by atoms with E-state index in [0.29, 0.717) is 35.4 Å². The van der Waals surface area contributed by atoms with Crippen LogP contribution in [0.5, 0.6) is 5.75 Å². The number of para-hydroxylation sites is 2. The van der Waals surface area contributed by atoms with E-state index in [-0.39, 0.29) is 24.3 Å². The first-order valence-corrected chi connectivity index (χ1v) is 11.5. The smallest absolute Gasteiger partial charge is 0.268 e. The molecule has 7 heteroatoms. The SMILES string of the molecule is C[C@@H](C1=NN=C(C(=O)N[C@H]2COc3ccccc3N(C)C2=O)CC2CCC12)c1ccccc1. The van der Waals surface area contributed by atoms with E-state index < -0.39 is 6.04 Å². The maximum atomic E-state index is 13.1. The van der Waals surface area contributed by atoms with E-state index in [1.807, 2.05) is 42.5 Å². The average Bonchev–Trinajstić information content (AvgIpc) is 3.03. The minimum atomic E-state index is -0.787. The fraction of sp³-hybridized carbons (Fsp3) is 0.385. The summed E-state index contributed by atoms with van der Waals surface area (Å²) in [6.45, 7) is 2.23. The minimum Gasteiger partial charge on any atom is -0.489 e. The summed E-state index contributed by atoms with van der Waals surface area (Å²) in [6.07, 6.45) is 2.70. The summed E-state index contributed by atoms with van der Waals surface area (Å²) >= 11 is 0. The van der Waals surface area contributed by atoms with Gasteiger partial charge in [0.1, 0.15) is 24.1 Å². The Morgan fingerprint density at radius 1 is 1.09 bits per heavy atom. The van der Waals surface area contributed by atoms with Gasteiger partial charge in [-0.05, 0) is 36.5 Å². The molecule has 4 atom stereocenters. The van der Waals surface area contributed by atoms with E-state index in [1.165, 1.54) is 10.5 Å². The fourth-order valence-electron chi connectivity index (χ4n) is 4.94. The van der Waals surface area contributed by atoms with Crippen LogP contribution in [0.3, 0.4) is 0 Å². The molecule has 2 heterocycles. The lowest BCUT2D eigenvalue weighted by molar-refractivity contribution is -0.125. The largest absolute Gasteiger partial charge is 0.489 e. The molecule has 170 valence electrons. The monoisotopic (exact) mass is 444 g/mol. The maximum absolute atomic E-state index is 13.1. The number of hydrogen-bond donors (Lipinski definition) is 1. The maximum Gasteiger partial charge on any atom is 0.268 e. The number of hydrogen-bond acceptors (Lipinski definition) is 5. The van der Waals surface area contributed by atoms with Gasteiger partial charge in [0.05, 0.1) is 11.4 Å². The number of anilines is 1. The van der Waals surface area contributed by atoms with Crippen molar-refractivity contribution in [3.63, 3.8) is 0 Å². The van der Waals surface area contributed by atoms with E-state index >= 15 is 0 Å². The number of ether oxygens (including phenoxy) is 1. The second-order valence-corrected chi connectivity index (χ2v) is 9.05. The standard InChI is InChI=1S/C26H28N4O3/c1-16(17-8-4-3-5-9-17)24-19-13-12-18(19)14-20(28-29-24)25(31)27-21-15-33-23-11-7-6-10-22(23)30(2)26(21)32/h3-11,16,18-19,21H,12-15H2,1-2H3,(H,27,31)/t16-,18?,19?,21+/m1/s1. The summed E-state index contributed by atoms with van der Waals surface area (Å²) in [7, 11) is 1.69.